The first-order valence-corrected chi connectivity index (χ1v) is 15.0. The molecule has 7 heteroatoms. The third kappa shape index (κ3) is 5.09. The first-order valence-electron chi connectivity index (χ1n) is 13.6. The van der Waals surface area contributed by atoms with Crippen LogP contribution >= 0.6 is 0 Å². The predicted molar refractivity (Wildman–Crippen MR) is 151 cm³/mol. The zero-order chi connectivity index (χ0) is 28.3. The number of hydrogen-bond donors (Lipinski definition) is 0. The standard InChI is InChI=1S/C32H37NO5S/c1-7-33-24-16-31(3,4)18-26(34)29(24)28(30-25(33)17-32(5,6)19-27(30)35)21-9-8-10-22(15-21)38-39(36,37)23-13-11-20(2)12-14-23/h8-15,28H,7,16-19H2,1-6H3. The molecule has 0 bridgehead atoms. The van der Waals surface area contributed by atoms with Crippen molar-refractivity contribution in [3.05, 3.63) is 82.2 Å². The topological polar surface area (TPSA) is 80.8 Å². The molecule has 2 aliphatic carbocycles. The second-order valence-electron chi connectivity index (χ2n) is 12.7. The summed E-state index contributed by atoms with van der Waals surface area (Å²) in [5, 5.41) is 0. The molecule has 0 fully saturated rings. The van der Waals surface area contributed by atoms with Crippen molar-refractivity contribution in [1.29, 1.82) is 0 Å². The molecule has 0 saturated carbocycles. The second kappa shape index (κ2) is 9.47. The first kappa shape index (κ1) is 27.4. The first-order chi connectivity index (χ1) is 18.2. The fourth-order valence-corrected chi connectivity index (χ4v) is 7.31. The van der Waals surface area contributed by atoms with Gasteiger partial charge in [-0.2, -0.15) is 8.42 Å². The van der Waals surface area contributed by atoms with Gasteiger partial charge in [0.2, 0.25) is 0 Å². The van der Waals surface area contributed by atoms with Crippen molar-refractivity contribution in [3.63, 3.8) is 0 Å². The van der Waals surface area contributed by atoms with E-state index in [0.717, 1.165) is 29.8 Å². The summed E-state index contributed by atoms with van der Waals surface area (Å²) in [6, 6.07) is 13.4. The minimum atomic E-state index is -4.06. The summed E-state index contributed by atoms with van der Waals surface area (Å²) in [5.41, 5.74) is 4.59. The molecule has 39 heavy (non-hydrogen) atoms. The smallest absolute Gasteiger partial charge is 0.339 e. The van der Waals surface area contributed by atoms with Crippen molar-refractivity contribution in [2.75, 3.05) is 6.54 Å². The van der Waals surface area contributed by atoms with E-state index in [9.17, 15) is 18.0 Å². The molecule has 0 aromatic heterocycles. The lowest BCUT2D eigenvalue weighted by Crippen LogP contribution is -2.44. The number of hydrogen-bond acceptors (Lipinski definition) is 6. The largest absolute Gasteiger partial charge is 0.379 e. The molecule has 2 aromatic rings. The molecule has 1 aliphatic heterocycles. The number of rotatable bonds is 5. The van der Waals surface area contributed by atoms with Gasteiger partial charge in [-0.05, 0) is 67.3 Å². The maximum Gasteiger partial charge on any atom is 0.339 e. The molecular weight excluding hydrogens is 510 g/mol. The molecule has 3 aliphatic rings. The van der Waals surface area contributed by atoms with Crippen LogP contribution in [0.25, 0.3) is 0 Å². The molecule has 0 unspecified atom stereocenters. The van der Waals surface area contributed by atoms with Gasteiger partial charge in [-0.25, -0.2) is 0 Å². The molecule has 0 N–H and O–H groups in total. The summed E-state index contributed by atoms with van der Waals surface area (Å²) >= 11 is 0. The van der Waals surface area contributed by atoms with Crippen LogP contribution in [0.15, 0.2) is 76.0 Å². The number of nitrogens with zero attached hydrogens (tertiary/aromatic N) is 1. The average molecular weight is 548 g/mol. The Kier molecular flexibility index (Phi) is 6.65. The molecule has 5 rings (SSSR count). The van der Waals surface area contributed by atoms with E-state index in [0.29, 0.717) is 36.1 Å². The number of carbonyl (C=O) groups excluding carboxylic acids is 2. The van der Waals surface area contributed by atoms with E-state index in [1.807, 2.05) is 13.0 Å². The van der Waals surface area contributed by atoms with Crippen molar-refractivity contribution in [2.45, 2.75) is 78.0 Å². The van der Waals surface area contributed by atoms with Crippen LogP contribution in [0, 0.1) is 17.8 Å². The maximum atomic E-state index is 13.8. The normalized spacial score (nSPS) is 21.1. The Hall–Kier alpha value is -3.19. The van der Waals surface area contributed by atoms with Crippen LogP contribution in [0.5, 0.6) is 5.75 Å². The van der Waals surface area contributed by atoms with E-state index < -0.39 is 16.0 Å². The number of allylic oxidation sites excluding steroid dienone is 4. The van der Waals surface area contributed by atoms with Crippen LogP contribution in [0.3, 0.4) is 0 Å². The molecule has 0 radical (unpaired) electrons. The molecule has 1 heterocycles. The lowest BCUT2D eigenvalue weighted by molar-refractivity contribution is -0.119. The van der Waals surface area contributed by atoms with Crippen molar-refractivity contribution >= 4 is 21.7 Å². The molecule has 2 aromatic carbocycles. The Morgan fingerprint density at radius 2 is 1.38 bits per heavy atom. The van der Waals surface area contributed by atoms with Gasteiger partial charge in [-0.3, -0.25) is 9.59 Å². The van der Waals surface area contributed by atoms with Gasteiger partial charge in [0.25, 0.3) is 0 Å². The SMILES string of the molecule is CCN1C2=C(C(=O)CC(C)(C)C2)C(c2cccc(OS(=O)(=O)c3ccc(C)cc3)c2)C2=C1CC(C)(C)CC2=O. The lowest BCUT2D eigenvalue weighted by Gasteiger charge is -2.48. The highest BCUT2D eigenvalue weighted by molar-refractivity contribution is 7.87. The van der Waals surface area contributed by atoms with E-state index in [-0.39, 0.29) is 33.0 Å². The zero-order valence-electron chi connectivity index (χ0n) is 23.6. The molecule has 0 spiro atoms. The number of carbonyl (C=O) groups is 2. The van der Waals surface area contributed by atoms with E-state index >= 15 is 0 Å². The fraction of sp³-hybridized carbons (Fsp3) is 0.438. The highest BCUT2D eigenvalue weighted by atomic mass is 32.2. The number of Topliss-reactive ketones (excluding diaryl/α,β-unsaturated/α-hetero) is 2. The third-order valence-electron chi connectivity index (χ3n) is 8.05. The molecule has 6 nitrogen and oxygen atoms in total. The summed E-state index contributed by atoms with van der Waals surface area (Å²) < 4.78 is 31.6. The Labute approximate surface area is 231 Å². The maximum absolute atomic E-state index is 13.8. The molecular formula is C32H37NO5S. The minimum Gasteiger partial charge on any atom is -0.379 e. The monoisotopic (exact) mass is 547 g/mol. The molecule has 206 valence electrons. The molecule has 0 atom stereocenters. The van der Waals surface area contributed by atoms with Gasteiger partial charge in [0.1, 0.15) is 10.6 Å². The van der Waals surface area contributed by atoms with Crippen molar-refractivity contribution in [3.8, 4) is 5.75 Å². The summed E-state index contributed by atoms with van der Waals surface area (Å²) in [6.45, 7) is 13.1. The predicted octanol–water partition coefficient (Wildman–Crippen LogP) is 6.47. The lowest BCUT2D eigenvalue weighted by atomic mass is 9.63. The summed E-state index contributed by atoms with van der Waals surface area (Å²) in [5.74, 6) is -0.293. The van der Waals surface area contributed by atoms with Crippen LogP contribution in [-0.2, 0) is 19.7 Å². The minimum absolute atomic E-state index is 0.0486. The quantitative estimate of drug-likeness (QED) is 0.399. The highest BCUT2D eigenvalue weighted by Gasteiger charge is 2.48. The average Bonchev–Trinajstić information content (AvgIpc) is 2.81. The Bertz CT molecular complexity index is 1470. The van der Waals surface area contributed by atoms with Crippen LogP contribution < -0.4 is 4.18 Å². The van der Waals surface area contributed by atoms with Gasteiger partial charge in [-0.1, -0.05) is 57.5 Å². The van der Waals surface area contributed by atoms with E-state index in [2.05, 4.69) is 39.5 Å². The summed E-state index contributed by atoms with van der Waals surface area (Å²) in [6.07, 6.45) is 2.28. The Morgan fingerprint density at radius 3 is 1.90 bits per heavy atom. The van der Waals surface area contributed by atoms with Gasteiger partial charge in [0, 0.05) is 47.8 Å². The zero-order valence-corrected chi connectivity index (χ0v) is 24.4. The number of aryl methyl sites for hydroxylation is 1. The summed E-state index contributed by atoms with van der Waals surface area (Å²) in [7, 11) is -4.06. The van der Waals surface area contributed by atoms with Gasteiger partial charge >= 0.3 is 10.1 Å². The Morgan fingerprint density at radius 1 is 0.846 bits per heavy atom. The highest BCUT2D eigenvalue weighted by Crippen LogP contribution is 2.54. The van der Waals surface area contributed by atoms with Crippen LogP contribution in [-0.4, -0.2) is 31.4 Å². The van der Waals surface area contributed by atoms with Crippen LogP contribution in [0.1, 0.15) is 77.3 Å². The number of ketones is 2. The molecule has 0 saturated heterocycles. The van der Waals surface area contributed by atoms with Crippen molar-refractivity contribution in [2.24, 2.45) is 10.8 Å². The van der Waals surface area contributed by atoms with E-state index in [4.69, 9.17) is 4.18 Å². The van der Waals surface area contributed by atoms with Crippen molar-refractivity contribution < 1.29 is 22.2 Å². The van der Waals surface area contributed by atoms with E-state index in [1.54, 1.807) is 30.3 Å². The van der Waals surface area contributed by atoms with Crippen LogP contribution in [0.2, 0.25) is 0 Å². The van der Waals surface area contributed by atoms with Gasteiger partial charge < -0.3 is 9.08 Å². The van der Waals surface area contributed by atoms with Crippen molar-refractivity contribution in [1.82, 2.24) is 4.90 Å². The van der Waals surface area contributed by atoms with E-state index in [1.165, 1.54) is 12.1 Å². The Balaban J connectivity index is 1.64. The van der Waals surface area contributed by atoms with Gasteiger partial charge in [0.15, 0.2) is 11.6 Å². The number of benzene rings is 2. The summed E-state index contributed by atoms with van der Waals surface area (Å²) in [4.78, 5) is 29.8. The van der Waals surface area contributed by atoms with Gasteiger partial charge in [0.05, 0.1) is 0 Å². The van der Waals surface area contributed by atoms with Gasteiger partial charge in [-0.15, -0.1) is 0 Å². The fourth-order valence-electron chi connectivity index (χ4n) is 6.39. The third-order valence-corrected chi connectivity index (χ3v) is 9.31. The second-order valence-corrected chi connectivity index (χ2v) is 14.2. The van der Waals surface area contributed by atoms with Crippen LogP contribution in [0.4, 0.5) is 0 Å². The molecule has 0 amide bonds.